The number of benzene rings is 2. The number of H-pyrrole nitrogens is 1. The second kappa shape index (κ2) is 9.31. The Morgan fingerprint density at radius 3 is 2.17 bits per heavy atom. The van der Waals surface area contributed by atoms with Crippen molar-refractivity contribution < 1.29 is 9.16 Å². The molecule has 0 fully saturated rings. The van der Waals surface area contributed by atoms with Crippen LogP contribution in [0.15, 0.2) is 88.6 Å². The number of aromatic nitrogens is 2. The van der Waals surface area contributed by atoms with E-state index in [0.717, 1.165) is 10.4 Å². The molecule has 0 unspecified atom stereocenters. The van der Waals surface area contributed by atoms with E-state index >= 15 is 0 Å². The minimum absolute atomic E-state index is 0.112. The van der Waals surface area contributed by atoms with Crippen molar-refractivity contribution in [2.45, 2.75) is 44.6 Å². The summed E-state index contributed by atoms with van der Waals surface area (Å²) < 4.78 is 14.5. The molecule has 1 aliphatic rings. The van der Waals surface area contributed by atoms with Crippen LogP contribution in [0.5, 0.6) is 0 Å². The summed E-state index contributed by atoms with van der Waals surface area (Å²) in [6, 6.07) is 20.6. The summed E-state index contributed by atoms with van der Waals surface area (Å²) in [5.74, 6) is 2.75. The molecule has 0 bridgehead atoms. The zero-order valence-electron chi connectivity index (χ0n) is 20.4. The molecule has 2 aromatic carbocycles. The van der Waals surface area contributed by atoms with Crippen molar-refractivity contribution in [3.63, 3.8) is 0 Å². The summed E-state index contributed by atoms with van der Waals surface area (Å²) in [4.78, 5) is 26.5. The lowest BCUT2D eigenvalue weighted by atomic mass is 10.1. The summed E-state index contributed by atoms with van der Waals surface area (Å²) in [5.41, 5.74) is -1.74. The maximum absolute atomic E-state index is 12.4. The molecule has 0 aliphatic carbocycles. The van der Waals surface area contributed by atoms with Gasteiger partial charge in [-0.3, -0.25) is 14.3 Å². The molecule has 6 nitrogen and oxygen atoms in total. The number of ether oxygens (including phenoxy) is 1. The standard InChI is InChI=1S/C28H30N2O4Si/c1-6-28(18-17-24(34-28)30-19-21(2)25(31)29-26(30)32)20-33-35(27(3,4)5,22-13-9-7-10-14-22)23-15-11-8-12-16-23/h1,7-19,24H,20H2,2-5H3,(H,29,31,32)/t24-,28+/m1/s1. The highest BCUT2D eigenvalue weighted by atomic mass is 28.4. The zero-order valence-corrected chi connectivity index (χ0v) is 21.4. The molecule has 0 spiro atoms. The molecule has 0 saturated heterocycles. The van der Waals surface area contributed by atoms with Gasteiger partial charge in [-0.15, -0.1) is 6.42 Å². The van der Waals surface area contributed by atoms with Gasteiger partial charge in [0, 0.05) is 11.8 Å². The molecule has 7 heteroatoms. The van der Waals surface area contributed by atoms with E-state index in [1.165, 1.54) is 10.8 Å². The van der Waals surface area contributed by atoms with E-state index in [1.807, 2.05) is 36.4 Å². The van der Waals surface area contributed by atoms with Gasteiger partial charge in [-0.25, -0.2) is 4.79 Å². The van der Waals surface area contributed by atoms with Crippen molar-refractivity contribution in [1.29, 1.82) is 0 Å². The molecule has 1 aromatic heterocycles. The third-order valence-electron chi connectivity index (χ3n) is 6.45. The van der Waals surface area contributed by atoms with Crippen molar-refractivity contribution in [3.8, 4) is 12.3 Å². The van der Waals surface area contributed by atoms with E-state index in [4.69, 9.17) is 15.6 Å². The molecule has 180 valence electrons. The van der Waals surface area contributed by atoms with Gasteiger partial charge in [0.2, 0.25) is 0 Å². The monoisotopic (exact) mass is 486 g/mol. The minimum Gasteiger partial charge on any atom is -0.403 e. The second-order valence-corrected chi connectivity index (χ2v) is 14.1. The molecule has 0 amide bonds. The van der Waals surface area contributed by atoms with Crippen LogP contribution in [0.1, 0.15) is 32.6 Å². The normalized spacial score (nSPS) is 20.0. The molecule has 2 atom stereocenters. The van der Waals surface area contributed by atoms with Gasteiger partial charge >= 0.3 is 5.69 Å². The van der Waals surface area contributed by atoms with Crippen LogP contribution in [0.4, 0.5) is 0 Å². The molecule has 3 aromatic rings. The van der Waals surface area contributed by atoms with E-state index in [1.54, 1.807) is 19.1 Å². The Hall–Kier alpha value is -3.44. The van der Waals surface area contributed by atoms with Crippen molar-refractivity contribution in [3.05, 3.63) is 105 Å². The van der Waals surface area contributed by atoms with E-state index < -0.39 is 31.4 Å². The van der Waals surface area contributed by atoms with E-state index in [9.17, 15) is 9.59 Å². The predicted molar refractivity (Wildman–Crippen MR) is 140 cm³/mol. The lowest BCUT2D eigenvalue weighted by molar-refractivity contribution is -0.0469. The molecule has 35 heavy (non-hydrogen) atoms. The van der Waals surface area contributed by atoms with E-state index in [2.05, 4.69) is 55.9 Å². The van der Waals surface area contributed by atoms with Gasteiger partial charge in [0.25, 0.3) is 13.9 Å². The molecule has 2 heterocycles. The lowest BCUT2D eigenvalue weighted by Gasteiger charge is -2.44. The first-order chi connectivity index (χ1) is 16.6. The van der Waals surface area contributed by atoms with Crippen molar-refractivity contribution >= 4 is 18.7 Å². The smallest absolute Gasteiger partial charge is 0.330 e. The number of nitrogens with zero attached hydrogens (tertiary/aromatic N) is 1. The van der Waals surface area contributed by atoms with Crippen LogP contribution in [-0.4, -0.2) is 30.1 Å². The van der Waals surface area contributed by atoms with Gasteiger partial charge in [0.15, 0.2) is 11.8 Å². The average molecular weight is 487 g/mol. The van der Waals surface area contributed by atoms with E-state index in [0.29, 0.717) is 5.56 Å². The summed E-state index contributed by atoms with van der Waals surface area (Å²) in [7, 11) is -2.83. The van der Waals surface area contributed by atoms with Gasteiger partial charge in [-0.2, -0.15) is 0 Å². The average Bonchev–Trinajstić information content (AvgIpc) is 3.27. The largest absolute Gasteiger partial charge is 0.403 e. The Labute approximate surface area is 206 Å². The summed E-state index contributed by atoms with van der Waals surface area (Å²) in [6.07, 6.45) is 10.2. The van der Waals surface area contributed by atoms with Crippen molar-refractivity contribution in [2.24, 2.45) is 0 Å². The molecule has 1 N–H and O–H groups in total. The Kier molecular flexibility index (Phi) is 6.56. The Morgan fingerprint density at radius 1 is 1.09 bits per heavy atom. The number of aryl methyl sites for hydroxylation is 1. The predicted octanol–water partition coefficient (Wildman–Crippen LogP) is 2.88. The molecular weight excluding hydrogens is 456 g/mol. The van der Waals surface area contributed by atoms with Crippen LogP contribution in [-0.2, 0) is 9.16 Å². The quantitative estimate of drug-likeness (QED) is 0.330. The molecule has 1 aliphatic heterocycles. The molecule has 0 saturated carbocycles. The first-order valence-electron chi connectivity index (χ1n) is 11.5. The van der Waals surface area contributed by atoms with Crippen LogP contribution in [0.25, 0.3) is 0 Å². The summed E-state index contributed by atoms with van der Waals surface area (Å²) in [6.45, 7) is 8.32. The summed E-state index contributed by atoms with van der Waals surface area (Å²) >= 11 is 0. The van der Waals surface area contributed by atoms with Crippen molar-refractivity contribution in [2.75, 3.05) is 6.61 Å². The lowest BCUT2D eigenvalue weighted by Crippen LogP contribution is -2.67. The maximum atomic E-state index is 12.4. The zero-order chi connectivity index (χ0) is 25.3. The summed E-state index contributed by atoms with van der Waals surface area (Å²) in [5, 5.41) is 2.05. The van der Waals surface area contributed by atoms with Crippen LogP contribution >= 0.6 is 0 Å². The number of hydrogen-bond donors (Lipinski definition) is 1. The highest BCUT2D eigenvalue weighted by Crippen LogP contribution is 2.38. The third-order valence-corrected chi connectivity index (χ3v) is 11.4. The van der Waals surface area contributed by atoms with Gasteiger partial charge in [-0.05, 0) is 34.5 Å². The van der Waals surface area contributed by atoms with Crippen LogP contribution in [0, 0.1) is 19.3 Å². The SMILES string of the molecule is C#C[C@@]1(CO[Si](c2ccccc2)(c2ccccc2)C(C)(C)C)C=C[C@H](n2cc(C)c(=O)[nH]c2=O)O1. The fourth-order valence-electron chi connectivity index (χ4n) is 4.64. The van der Waals surface area contributed by atoms with Gasteiger partial charge in [0.05, 0.1) is 6.61 Å². The fourth-order valence-corrected chi connectivity index (χ4v) is 9.23. The number of rotatable bonds is 6. The minimum atomic E-state index is -2.83. The third kappa shape index (κ3) is 4.48. The number of nitrogens with one attached hydrogen (secondary N) is 1. The van der Waals surface area contributed by atoms with Crippen LogP contribution < -0.4 is 21.6 Å². The van der Waals surface area contributed by atoms with Crippen LogP contribution in [0.2, 0.25) is 5.04 Å². The van der Waals surface area contributed by atoms with Gasteiger partial charge < -0.3 is 9.16 Å². The topological polar surface area (TPSA) is 73.3 Å². The Morgan fingerprint density at radius 2 is 1.66 bits per heavy atom. The highest BCUT2D eigenvalue weighted by Gasteiger charge is 2.51. The highest BCUT2D eigenvalue weighted by molar-refractivity contribution is 6.99. The van der Waals surface area contributed by atoms with Gasteiger partial charge in [-0.1, -0.05) is 87.4 Å². The number of hydrogen-bond acceptors (Lipinski definition) is 4. The van der Waals surface area contributed by atoms with E-state index in [-0.39, 0.29) is 11.6 Å². The fraction of sp³-hybridized carbons (Fsp3) is 0.286. The second-order valence-electron chi connectivity index (χ2n) is 9.83. The maximum Gasteiger partial charge on any atom is 0.330 e. The van der Waals surface area contributed by atoms with Crippen LogP contribution in [0.3, 0.4) is 0 Å². The first kappa shape index (κ1) is 24.7. The first-order valence-corrected chi connectivity index (χ1v) is 13.4. The number of terminal acetylenes is 1. The Balaban J connectivity index is 1.72. The molecular formula is C28H30N2O4Si. The molecule has 0 radical (unpaired) electrons. The number of aromatic amines is 1. The van der Waals surface area contributed by atoms with Crippen molar-refractivity contribution in [1.82, 2.24) is 9.55 Å². The molecule has 4 rings (SSSR count). The Bertz CT molecular complexity index is 1340. The van der Waals surface area contributed by atoms with Gasteiger partial charge in [0.1, 0.15) is 0 Å².